The molecule has 1 N–H and O–H groups in total. The Hall–Kier alpha value is -2.16. The van der Waals surface area contributed by atoms with Crippen LogP contribution in [0.3, 0.4) is 0 Å². The molecule has 1 aromatic carbocycles. The molecule has 23 heavy (non-hydrogen) atoms. The molecule has 1 heterocycles. The number of carbonyl (C=O) groups is 1. The lowest BCUT2D eigenvalue weighted by molar-refractivity contribution is -0.138. The van der Waals surface area contributed by atoms with Gasteiger partial charge in [0, 0.05) is 5.69 Å². The van der Waals surface area contributed by atoms with E-state index in [9.17, 15) is 18.0 Å². The van der Waals surface area contributed by atoms with Crippen LogP contribution in [0.1, 0.15) is 18.9 Å². The molecule has 0 bridgehead atoms. The molecule has 0 aliphatic heterocycles. The highest BCUT2D eigenvalue weighted by atomic mass is 32.1. The van der Waals surface area contributed by atoms with Crippen LogP contribution < -0.4 is 10.1 Å². The number of alkyl halides is 3. The maximum Gasteiger partial charge on any atom is 0.445 e. The Kier molecular flexibility index (Phi) is 5.19. The second-order valence-corrected chi connectivity index (χ2v) is 5.95. The van der Waals surface area contributed by atoms with Crippen molar-refractivity contribution in [2.24, 2.45) is 5.92 Å². The fraction of sp³-hybridized carbons (Fsp3) is 0.357. The quantitative estimate of drug-likeness (QED) is 0.899. The molecule has 1 unspecified atom stereocenters. The van der Waals surface area contributed by atoms with E-state index in [1.807, 2.05) is 0 Å². The summed E-state index contributed by atoms with van der Waals surface area (Å²) >= 11 is 0.260. The minimum atomic E-state index is -4.58. The maximum absolute atomic E-state index is 12.5. The molecule has 2 aromatic rings. The predicted octanol–water partition coefficient (Wildman–Crippen LogP) is 3.60. The first-order valence-electron chi connectivity index (χ1n) is 6.70. The van der Waals surface area contributed by atoms with Crippen LogP contribution in [0.4, 0.5) is 18.9 Å². The first kappa shape index (κ1) is 17.2. The Morgan fingerprint density at radius 3 is 2.39 bits per heavy atom. The molecule has 2 rings (SSSR count). The van der Waals surface area contributed by atoms with E-state index in [0.717, 1.165) is 0 Å². The van der Waals surface area contributed by atoms with Gasteiger partial charge in [-0.15, -0.1) is 5.10 Å². The Labute approximate surface area is 134 Å². The van der Waals surface area contributed by atoms with Gasteiger partial charge in [-0.2, -0.15) is 13.2 Å². The second-order valence-electron chi connectivity index (χ2n) is 5.01. The Morgan fingerprint density at radius 2 is 1.87 bits per heavy atom. The molecule has 124 valence electrons. The molecule has 0 aliphatic carbocycles. The van der Waals surface area contributed by atoms with E-state index in [1.54, 1.807) is 44.2 Å². The first-order valence-corrected chi connectivity index (χ1v) is 7.52. The highest BCUT2D eigenvalue weighted by Gasteiger charge is 2.36. The molecule has 1 amide bonds. The van der Waals surface area contributed by atoms with Crippen molar-refractivity contribution >= 4 is 22.9 Å². The zero-order valence-corrected chi connectivity index (χ0v) is 13.1. The average molecular weight is 345 g/mol. The average Bonchev–Trinajstić information content (AvgIpc) is 2.94. The number of amides is 1. The van der Waals surface area contributed by atoms with E-state index < -0.39 is 23.2 Å². The highest BCUT2D eigenvalue weighted by molar-refractivity contribution is 7.13. The van der Waals surface area contributed by atoms with Crippen LogP contribution in [0.5, 0.6) is 5.19 Å². The number of halogens is 3. The monoisotopic (exact) mass is 345 g/mol. The van der Waals surface area contributed by atoms with E-state index in [0.29, 0.717) is 5.69 Å². The van der Waals surface area contributed by atoms with Gasteiger partial charge in [-0.05, 0) is 18.1 Å². The molecule has 0 fully saturated rings. The lowest BCUT2D eigenvalue weighted by atomic mass is 10.1. The molecule has 0 saturated heterocycles. The SMILES string of the molecule is CC(C)C(Oc1nnc(C(F)(F)F)s1)C(=O)Nc1ccccc1. The second kappa shape index (κ2) is 6.95. The Morgan fingerprint density at radius 1 is 1.22 bits per heavy atom. The van der Waals surface area contributed by atoms with E-state index in [1.165, 1.54) is 0 Å². The zero-order valence-electron chi connectivity index (χ0n) is 12.3. The minimum Gasteiger partial charge on any atom is -0.455 e. The topological polar surface area (TPSA) is 64.1 Å². The van der Waals surface area contributed by atoms with Crippen LogP contribution in [0, 0.1) is 5.92 Å². The Balaban J connectivity index is 2.09. The van der Waals surface area contributed by atoms with Gasteiger partial charge in [-0.3, -0.25) is 4.79 Å². The number of hydrogen-bond donors (Lipinski definition) is 1. The number of anilines is 1. The number of nitrogens with zero attached hydrogens (tertiary/aromatic N) is 2. The van der Waals surface area contributed by atoms with Crippen molar-refractivity contribution < 1.29 is 22.7 Å². The normalized spacial score (nSPS) is 13.0. The fourth-order valence-corrected chi connectivity index (χ4v) is 2.30. The molecule has 1 aromatic heterocycles. The van der Waals surface area contributed by atoms with Crippen LogP contribution in [-0.4, -0.2) is 22.2 Å². The lowest BCUT2D eigenvalue weighted by Gasteiger charge is -2.19. The first-order chi connectivity index (χ1) is 10.8. The summed E-state index contributed by atoms with van der Waals surface area (Å²) in [4.78, 5) is 12.3. The summed E-state index contributed by atoms with van der Waals surface area (Å²) in [7, 11) is 0. The molecular formula is C14H14F3N3O2S. The number of hydrogen-bond acceptors (Lipinski definition) is 5. The van der Waals surface area contributed by atoms with Crippen molar-refractivity contribution in [3.8, 4) is 5.19 Å². The fourth-order valence-electron chi connectivity index (χ4n) is 1.71. The van der Waals surface area contributed by atoms with Crippen LogP contribution >= 0.6 is 11.3 Å². The van der Waals surface area contributed by atoms with Crippen LogP contribution in [0.2, 0.25) is 0 Å². The number of nitrogens with one attached hydrogen (secondary N) is 1. The Bertz CT molecular complexity index is 659. The van der Waals surface area contributed by atoms with Gasteiger partial charge in [0.25, 0.3) is 11.1 Å². The summed E-state index contributed by atoms with van der Waals surface area (Å²) in [5.41, 5.74) is 0.569. The van der Waals surface area contributed by atoms with Gasteiger partial charge >= 0.3 is 6.18 Å². The summed E-state index contributed by atoms with van der Waals surface area (Å²) in [6.45, 7) is 3.45. The number of para-hydroxylation sites is 1. The molecule has 9 heteroatoms. The summed E-state index contributed by atoms with van der Waals surface area (Å²) < 4.78 is 42.9. The molecule has 5 nitrogen and oxygen atoms in total. The van der Waals surface area contributed by atoms with E-state index >= 15 is 0 Å². The third-order valence-corrected chi connectivity index (χ3v) is 3.64. The highest BCUT2D eigenvalue weighted by Crippen LogP contribution is 2.34. The summed E-state index contributed by atoms with van der Waals surface area (Å²) in [6.07, 6.45) is -5.57. The van der Waals surface area contributed by atoms with E-state index in [-0.39, 0.29) is 22.4 Å². The van der Waals surface area contributed by atoms with Crippen molar-refractivity contribution in [1.29, 1.82) is 0 Å². The maximum atomic E-state index is 12.5. The van der Waals surface area contributed by atoms with Crippen molar-refractivity contribution in [2.45, 2.75) is 26.1 Å². The van der Waals surface area contributed by atoms with Crippen LogP contribution in [0.15, 0.2) is 30.3 Å². The number of rotatable bonds is 5. The zero-order chi connectivity index (χ0) is 17.0. The van der Waals surface area contributed by atoms with Gasteiger partial charge in [0.1, 0.15) is 0 Å². The van der Waals surface area contributed by atoms with Gasteiger partial charge < -0.3 is 10.1 Å². The third kappa shape index (κ3) is 4.65. The van der Waals surface area contributed by atoms with Gasteiger partial charge in [-0.1, -0.05) is 48.5 Å². The summed E-state index contributed by atoms with van der Waals surface area (Å²) in [6, 6.07) is 8.69. The van der Waals surface area contributed by atoms with Gasteiger partial charge in [0.15, 0.2) is 6.10 Å². The van der Waals surface area contributed by atoms with Crippen molar-refractivity contribution in [2.75, 3.05) is 5.32 Å². The van der Waals surface area contributed by atoms with Crippen molar-refractivity contribution in [3.05, 3.63) is 35.3 Å². The molecule has 0 spiro atoms. The minimum absolute atomic E-state index is 0.260. The lowest BCUT2D eigenvalue weighted by Crippen LogP contribution is -2.37. The van der Waals surface area contributed by atoms with E-state index in [4.69, 9.17) is 4.74 Å². The third-order valence-electron chi connectivity index (χ3n) is 2.78. The van der Waals surface area contributed by atoms with Gasteiger partial charge in [0.05, 0.1) is 0 Å². The molecule has 0 saturated carbocycles. The summed E-state index contributed by atoms with van der Waals surface area (Å²) in [5, 5.41) is 7.62. The molecular weight excluding hydrogens is 331 g/mol. The van der Waals surface area contributed by atoms with Crippen molar-refractivity contribution in [3.63, 3.8) is 0 Å². The number of benzene rings is 1. The molecule has 0 aliphatic rings. The standard InChI is InChI=1S/C14H14F3N3O2S/c1-8(2)10(11(21)18-9-6-4-3-5-7-9)22-13-20-19-12(23-13)14(15,16)17/h3-8,10H,1-2H3,(H,18,21). The van der Waals surface area contributed by atoms with Crippen LogP contribution in [0.25, 0.3) is 0 Å². The number of carbonyl (C=O) groups excluding carboxylic acids is 1. The molecule has 0 radical (unpaired) electrons. The van der Waals surface area contributed by atoms with Gasteiger partial charge in [-0.25, -0.2) is 0 Å². The number of ether oxygens (including phenoxy) is 1. The van der Waals surface area contributed by atoms with Crippen molar-refractivity contribution in [1.82, 2.24) is 10.2 Å². The van der Waals surface area contributed by atoms with Crippen LogP contribution in [-0.2, 0) is 11.0 Å². The van der Waals surface area contributed by atoms with Gasteiger partial charge in [0.2, 0.25) is 5.01 Å². The molecule has 1 atom stereocenters. The number of aromatic nitrogens is 2. The predicted molar refractivity (Wildman–Crippen MR) is 79.2 cm³/mol. The summed E-state index contributed by atoms with van der Waals surface area (Å²) in [5.74, 6) is -0.730. The van der Waals surface area contributed by atoms with E-state index in [2.05, 4.69) is 15.5 Å². The smallest absolute Gasteiger partial charge is 0.445 e. The largest absolute Gasteiger partial charge is 0.455 e.